The zero-order chi connectivity index (χ0) is 10.1. The van der Waals surface area contributed by atoms with Crippen LogP contribution < -0.4 is 0 Å². The van der Waals surface area contributed by atoms with Crippen LogP contribution in [0.5, 0.6) is 0 Å². The first-order valence-electron chi connectivity index (χ1n) is 5.28. The summed E-state index contributed by atoms with van der Waals surface area (Å²) >= 11 is 0. The van der Waals surface area contributed by atoms with Crippen molar-refractivity contribution in [3.8, 4) is 0 Å². The fourth-order valence-corrected chi connectivity index (χ4v) is 2.17. The number of rotatable bonds is 1. The van der Waals surface area contributed by atoms with E-state index in [0.717, 1.165) is 12.1 Å². The number of azo groups is 1. The van der Waals surface area contributed by atoms with Gasteiger partial charge in [-0.1, -0.05) is 42.5 Å². The topological polar surface area (TPSA) is 24.7 Å². The maximum Gasteiger partial charge on any atom is 0.105 e. The molecule has 1 aliphatic carbocycles. The molecule has 0 saturated carbocycles. The first kappa shape index (κ1) is 8.60. The van der Waals surface area contributed by atoms with Crippen molar-refractivity contribution in [3.05, 3.63) is 54.1 Å². The first-order valence-corrected chi connectivity index (χ1v) is 5.28. The predicted octanol–water partition coefficient (Wildman–Crippen LogP) is 3.96. The summed E-state index contributed by atoms with van der Waals surface area (Å²) in [4.78, 5) is 0. The molecule has 0 spiro atoms. The lowest BCUT2D eigenvalue weighted by molar-refractivity contribution is 0.525. The average Bonchev–Trinajstić information content (AvgIpc) is 2.74. The van der Waals surface area contributed by atoms with E-state index in [0.29, 0.717) is 5.92 Å². The van der Waals surface area contributed by atoms with E-state index in [1.807, 2.05) is 12.1 Å². The lowest BCUT2D eigenvalue weighted by Crippen LogP contribution is -2.07. The molecule has 0 N–H and O–H groups in total. The molecule has 0 amide bonds. The highest BCUT2D eigenvalue weighted by Crippen LogP contribution is 2.41. The summed E-state index contributed by atoms with van der Waals surface area (Å²) in [7, 11) is 0. The van der Waals surface area contributed by atoms with E-state index in [9.17, 15) is 0 Å². The van der Waals surface area contributed by atoms with Crippen LogP contribution in [0.15, 0.2) is 58.8 Å². The van der Waals surface area contributed by atoms with Crippen LogP contribution >= 0.6 is 0 Å². The summed E-state index contributed by atoms with van der Waals surface area (Å²) in [5, 5.41) is 8.59. The van der Waals surface area contributed by atoms with Gasteiger partial charge in [-0.25, -0.2) is 0 Å². The third-order valence-corrected chi connectivity index (χ3v) is 2.96. The summed E-state index contributed by atoms with van der Waals surface area (Å²) < 4.78 is 0. The second-order valence-electron chi connectivity index (χ2n) is 3.93. The summed E-state index contributed by atoms with van der Waals surface area (Å²) in [6, 6.07) is 8.46. The number of allylic oxidation sites excluding steroid dienone is 3. The molecule has 3 rings (SSSR count). The Morgan fingerprint density at radius 3 is 2.93 bits per heavy atom. The van der Waals surface area contributed by atoms with Crippen molar-refractivity contribution in [2.45, 2.75) is 12.5 Å². The van der Waals surface area contributed by atoms with Crippen molar-refractivity contribution in [2.75, 3.05) is 0 Å². The minimum absolute atomic E-state index is 0.224. The molecule has 1 heterocycles. The van der Waals surface area contributed by atoms with Gasteiger partial charge in [-0.3, -0.25) is 0 Å². The van der Waals surface area contributed by atoms with Gasteiger partial charge in [0.15, 0.2) is 0 Å². The van der Waals surface area contributed by atoms with Gasteiger partial charge in [-0.15, -0.1) is 0 Å². The van der Waals surface area contributed by atoms with Crippen molar-refractivity contribution in [3.63, 3.8) is 0 Å². The Balaban J connectivity index is 1.94. The first-order chi connectivity index (χ1) is 7.45. The SMILES string of the molecule is C1=CCC(C2N=Nc3ccccc32)C=C1. The van der Waals surface area contributed by atoms with Gasteiger partial charge < -0.3 is 0 Å². The van der Waals surface area contributed by atoms with E-state index in [2.05, 4.69) is 46.7 Å². The van der Waals surface area contributed by atoms with Gasteiger partial charge >= 0.3 is 0 Å². The number of fused-ring (bicyclic) bond motifs is 1. The molecule has 2 atom stereocenters. The van der Waals surface area contributed by atoms with Crippen LogP contribution in [0, 0.1) is 5.92 Å². The molecule has 1 aromatic carbocycles. The van der Waals surface area contributed by atoms with Gasteiger partial charge in [0.05, 0.1) is 5.69 Å². The van der Waals surface area contributed by atoms with Crippen molar-refractivity contribution in [1.29, 1.82) is 0 Å². The molecule has 1 aromatic rings. The van der Waals surface area contributed by atoms with Gasteiger partial charge in [0.2, 0.25) is 0 Å². The molecule has 2 heteroatoms. The molecule has 74 valence electrons. The van der Waals surface area contributed by atoms with Crippen LogP contribution in [0.1, 0.15) is 18.0 Å². The normalized spacial score (nSPS) is 26.9. The van der Waals surface area contributed by atoms with Gasteiger partial charge in [0.25, 0.3) is 0 Å². The van der Waals surface area contributed by atoms with E-state index in [-0.39, 0.29) is 6.04 Å². The molecular weight excluding hydrogens is 184 g/mol. The van der Waals surface area contributed by atoms with Crippen molar-refractivity contribution >= 4 is 5.69 Å². The maximum atomic E-state index is 4.37. The summed E-state index contributed by atoms with van der Waals surface area (Å²) in [6.45, 7) is 0. The summed E-state index contributed by atoms with van der Waals surface area (Å²) in [6.07, 6.45) is 9.68. The molecule has 2 nitrogen and oxygen atoms in total. The molecule has 2 unspecified atom stereocenters. The Labute approximate surface area is 89.0 Å². The fourth-order valence-electron chi connectivity index (χ4n) is 2.17. The van der Waals surface area contributed by atoms with Crippen molar-refractivity contribution in [1.82, 2.24) is 0 Å². The van der Waals surface area contributed by atoms with Gasteiger partial charge in [0.1, 0.15) is 6.04 Å². The largest absolute Gasteiger partial charge is 0.180 e. The van der Waals surface area contributed by atoms with E-state index in [4.69, 9.17) is 0 Å². The third-order valence-electron chi connectivity index (χ3n) is 2.96. The number of hydrogen-bond donors (Lipinski definition) is 0. The van der Waals surface area contributed by atoms with Crippen molar-refractivity contribution < 1.29 is 0 Å². The van der Waals surface area contributed by atoms with E-state index in [1.165, 1.54) is 5.56 Å². The minimum atomic E-state index is 0.224. The maximum absolute atomic E-state index is 4.37. The smallest absolute Gasteiger partial charge is 0.105 e. The van der Waals surface area contributed by atoms with E-state index >= 15 is 0 Å². The Morgan fingerprint density at radius 2 is 2.07 bits per heavy atom. The van der Waals surface area contributed by atoms with Crippen molar-refractivity contribution in [2.24, 2.45) is 16.1 Å². The van der Waals surface area contributed by atoms with Crippen LogP contribution in [-0.2, 0) is 0 Å². The van der Waals surface area contributed by atoms with Crippen LogP contribution in [-0.4, -0.2) is 0 Å². The Hall–Kier alpha value is -1.70. The quantitative estimate of drug-likeness (QED) is 0.649. The Kier molecular flexibility index (Phi) is 1.98. The van der Waals surface area contributed by atoms with Gasteiger partial charge in [-0.2, -0.15) is 10.2 Å². The Morgan fingerprint density at radius 1 is 1.13 bits per heavy atom. The summed E-state index contributed by atoms with van der Waals surface area (Å²) in [5.74, 6) is 0.474. The van der Waals surface area contributed by atoms with Gasteiger partial charge in [0, 0.05) is 11.5 Å². The van der Waals surface area contributed by atoms with Crippen LogP contribution in [0.25, 0.3) is 0 Å². The second-order valence-corrected chi connectivity index (χ2v) is 3.93. The molecule has 0 fully saturated rings. The molecule has 0 bridgehead atoms. The van der Waals surface area contributed by atoms with Gasteiger partial charge in [-0.05, 0) is 12.5 Å². The molecule has 0 saturated heterocycles. The molecule has 2 aliphatic rings. The fraction of sp³-hybridized carbons (Fsp3) is 0.231. The lowest BCUT2D eigenvalue weighted by atomic mass is 9.88. The Bertz CT molecular complexity index is 457. The van der Waals surface area contributed by atoms with Crippen LogP contribution in [0.3, 0.4) is 0 Å². The minimum Gasteiger partial charge on any atom is -0.180 e. The van der Waals surface area contributed by atoms with Crippen LogP contribution in [0.2, 0.25) is 0 Å². The summed E-state index contributed by atoms with van der Waals surface area (Å²) in [5.41, 5.74) is 2.30. The monoisotopic (exact) mass is 196 g/mol. The number of benzene rings is 1. The predicted molar refractivity (Wildman–Crippen MR) is 60.1 cm³/mol. The number of nitrogens with zero attached hydrogens (tertiary/aromatic N) is 2. The second kappa shape index (κ2) is 3.46. The highest BCUT2D eigenvalue weighted by molar-refractivity contribution is 5.50. The lowest BCUT2D eigenvalue weighted by Gasteiger charge is -2.17. The molecular formula is C13H12N2. The molecule has 0 radical (unpaired) electrons. The standard InChI is InChI=1S/C13H12N2/c1-2-6-10(7-3-1)13-11-8-4-5-9-12(11)14-15-13/h1-6,8-10,13H,7H2. The van der Waals surface area contributed by atoms with E-state index in [1.54, 1.807) is 0 Å². The zero-order valence-corrected chi connectivity index (χ0v) is 8.38. The average molecular weight is 196 g/mol. The molecule has 15 heavy (non-hydrogen) atoms. The van der Waals surface area contributed by atoms with E-state index < -0.39 is 0 Å². The zero-order valence-electron chi connectivity index (χ0n) is 8.38. The van der Waals surface area contributed by atoms with Crippen LogP contribution in [0.4, 0.5) is 5.69 Å². The molecule has 0 aromatic heterocycles. The third kappa shape index (κ3) is 1.42. The highest BCUT2D eigenvalue weighted by atomic mass is 15.2. The highest BCUT2D eigenvalue weighted by Gasteiger charge is 2.26. The molecule has 1 aliphatic heterocycles. The number of hydrogen-bond acceptors (Lipinski definition) is 2.